The maximum atomic E-state index is 4.24. The van der Waals surface area contributed by atoms with E-state index >= 15 is 0 Å². The molecule has 3 aromatic carbocycles. The third kappa shape index (κ3) is 5.64. The second-order valence-electron chi connectivity index (χ2n) is 8.51. The van der Waals surface area contributed by atoms with Gasteiger partial charge in [-0.2, -0.15) is 0 Å². The van der Waals surface area contributed by atoms with Crippen LogP contribution in [0.15, 0.2) is 128 Å². The Kier molecular flexibility index (Phi) is 6.84. The maximum Gasteiger partial charge on any atom is 0.0346 e. The second kappa shape index (κ2) is 10.7. The number of nitrogens with zero attached hydrogens (tertiary/aromatic N) is 3. The van der Waals surface area contributed by atoms with E-state index in [1.807, 2.05) is 36.9 Å². The van der Waals surface area contributed by atoms with Crippen molar-refractivity contribution in [3.05, 3.63) is 145 Å². The van der Waals surface area contributed by atoms with Gasteiger partial charge in [0.1, 0.15) is 0 Å². The van der Waals surface area contributed by atoms with E-state index in [0.717, 1.165) is 30.8 Å². The molecule has 0 radical (unpaired) electrons. The molecule has 0 saturated carbocycles. The Morgan fingerprint density at radius 1 is 0.412 bits per heavy atom. The van der Waals surface area contributed by atoms with Crippen LogP contribution in [0.4, 0.5) is 0 Å². The molecule has 2 heterocycles. The summed E-state index contributed by atoms with van der Waals surface area (Å²) in [5.41, 5.74) is 8.59. The third-order valence-corrected chi connectivity index (χ3v) is 5.96. The Morgan fingerprint density at radius 2 is 0.853 bits per heavy atom. The predicted octanol–water partition coefficient (Wildman–Crippen LogP) is 7.01. The largest absolute Gasteiger partial charge is 0.291 e. The van der Waals surface area contributed by atoms with Crippen LogP contribution in [0.1, 0.15) is 16.7 Å². The molecule has 5 aromatic rings. The van der Waals surface area contributed by atoms with Crippen LogP contribution in [-0.2, 0) is 19.6 Å². The summed E-state index contributed by atoms with van der Waals surface area (Å²) >= 11 is 0. The molecule has 0 atom stereocenters. The average molecular weight is 442 g/mol. The van der Waals surface area contributed by atoms with Gasteiger partial charge in [0.2, 0.25) is 0 Å². The van der Waals surface area contributed by atoms with Crippen LogP contribution in [-0.4, -0.2) is 14.9 Å². The highest BCUT2D eigenvalue weighted by Gasteiger charge is 2.10. The zero-order valence-corrected chi connectivity index (χ0v) is 19.1. The van der Waals surface area contributed by atoms with Crippen molar-refractivity contribution in [1.29, 1.82) is 0 Å². The molecule has 0 saturated heterocycles. The summed E-state index contributed by atoms with van der Waals surface area (Å²) in [6.45, 7) is 2.66. The van der Waals surface area contributed by atoms with E-state index in [1.165, 1.54) is 27.8 Å². The van der Waals surface area contributed by atoms with Crippen LogP contribution in [0, 0.1) is 0 Å². The highest BCUT2D eigenvalue weighted by atomic mass is 15.1. The lowest BCUT2D eigenvalue weighted by Crippen LogP contribution is -2.22. The van der Waals surface area contributed by atoms with E-state index in [-0.39, 0.29) is 0 Å². The van der Waals surface area contributed by atoms with Crippen molar-refractivity contribution < 1.29 is 0 Å². The van der Waals surface area contributed by atoms with Gasteiger partial charge in [0.15, 0.2) is 0 Å². The van der Waals surface area contributed by atoms with E-state index in [9.17, 15) is 0 Å². The first-order valence-electron chi connectivity index (χ1n) is 11.6. The lowest BCUT2D eigenvalue weighted by atomic mass is 10.0. The normalized spacial score (nSPS) is 11.0. The molecule has 34 heavy (non-hydrogen) atoms. The summed E-state index contributed by atoms with van der Waals surface area (Å²) in [5.74, 6) is 0. The van der Waals surface area contributed by atoms with Gasteiger partial charge in [0.25, 0.3) is 0 Å². The first-order valence-corrected chi connectivity index (χ1v) is 11.6. The molecular formula is C31H27N3. The van der Waals surface area contributed by atoms with Gasteiger partial charge in [-0.05, 0) is 51.1 Å². The summed E-state index contributed by atoms with van der Waals surface area (Å²) < 4.78 is 0. The van der Waals surface area contributed by atoms with Gasteiger partial charge in [-0.1, -0.05) is 91.0 Å². The minimum atomic E-state index is 0.882. The molecule has 0 unspecified atom stereocenters. The standard InChI is InChI=1S/C31H27N3/c1-2-6-25(7-3-1)22-34(23-26-10-14-28(15-11-26)30-8-4-18-32-20-30)24-27-12-16-29(17-13-27)31-9-5-19-33-21-31/h1-21H,22-24H2. The van der Waals surface area contributed by atoms with Gasteiger partial charge in [0, 0.05) is 44.4 Å². The molecule has 3 heteroatoms. The van der Waals surface area contributed by atoms with Crippen molar-refractivity contribution in [2.45, 2.75) is 19.6 Å². The fourth-order valence-electron chi connectivity index (χ4n) is 4.20. The van der Waals surface area contributed by atoms with E-state index < -0.39 is 0 Å². The van der Waals surface area contributed by atoms with E-state index in [0.29, 0.717) is 0 Å². The highest BCUT2D eigenvalue weighted by Crippen LogP contribution is 2.22. The number of hydrogen-bond donors (Lipinski definition) is 0. The Morgan fingerprint density at radius 3 is 1.26 bits per heavy atom. The molecule has 3 nitrogen and oxygen atoms in total. The highest BCUT2D eigenvalue weighted by molar-refractivity contribution is 5.63. The molecule has 166 valence electrons. The zero-order chi connectivity index (χ0) is 23.0. The molecular weight excluding hydrogens is 414 g/mol. The topological polar surface area (TPSA) is 29.0 Å². The summed E-state index contributed by atoms with van der Waals surface area (Å²) in [5, 5.41) is 0. The summed E-state index contributed by atoms with van der Waals surface area (Å²) in [7, 11) is 0. The number of hydrogen-bond acceptors (Lipinski definition) is 3. The van der Waals surface area contributed by atoms with Crippen LogP contribution in [0.3, 0.4) is 0 Å². The minimum Gasteiger partial charge on any atom is -0.291 e. The van der Waals surface area contributed by atoms with Gasteiger partial charge < -0.3 is 0 Å². The SMILES string of the molecule is c1ccc(CN(Cc2ccc(-c3cccnc3)cc2)Cc2ccc(-c3cccnc3)cc2)cc1. The first kappa shape index (κ1) is 21.7. The van der Waals surface area contributed by atoms with Crippen molar-refractivity contribution in [3.8, 4) is 22.3 Å². The van der Waals surface area contributed by atoms with Crippen LogP contribution in [0.2, 0.25) is 0 Å². The molecule has 5 rings (SSSR count). The van der Waals surface area contributed by atoms with Gasteiger partial charge in [0.05, 0.1) is 0 Å². The third-order valence-electron chi connectivity index (χ3n) is 5.96. The molecule has 0 bridgehead atoms. The van der Waals surface area contributed by atoms with E-state index in [4.69, 9.17) is 0 Å². The molecule has 0 amide bonds. The smallest absolute Gasteiger partial charge is 0.0346 e. The quantitative estimate of drug-likeness (QED) is 0.259. The molecule has 0 spiro atoms. The first-order chi connectivity index (χ1) is 16.8. The summed E-state index contributed by atoms with van der Waals surface area (Å²) in [4.78, 5) is 11.0. The lowest BCUT2D eigenvalue weighted by Gasteiger charge is -2.23. The second-order valence-corrected chi connectivity index (χ2v) is 8.51. The van der Waals surface area contributed by atoms with Crippen LogP contribution in [0.5, 0.6) is 0 Å². The van der Waals surface area contributed by atoms with Crippen molar-refractivity contribution >= 4 is 0 Å². The molecule has 0 N–H and O–H groups in total. The summed E-state index contributed by atoms with van der Waals surface area (Å²) in [6, 6.07) is 36.5. The van der Waals surface area contributed by atoms with Gasteiger partial charge >= 0.3 is 0 Å². The average Bonchev–Trinajstić information content (AvgIpc) is 2.91. The lowest BCUT2D eigenvalue weighted by molar-refractivity contribution is 0.248. The monoisotopic (exact) mass is 441 g/mol. The maximum absolute atomic E-state index is 4.24. The van der Waals surface area contributed by atoms with Crippen molar-refractivity contribution in [1.82, 2.24) is 14.9 Å². The van der Waals surface area contributed by atoms with E-state index in [2.05, 4.69) is 106 Å². The molecule has 0 aliphatic heterocycles. The number of benzene rings is 3. The minimum absolute atomic E-state index is 0.882. The van der Waals surface area contributed by atoms with E-state index in [1.54, 1.807) is 0 Å². The van der Waals surface area contributed by atoms with Crippen molar-refractivity contribution in [3.63, 3.8) is 0 Å². The Balaban J connectivity index is 1.33. The number of pyridine rings is 2. The predicted molar refractivity (Wildman–Crippen MR) is 139 cm³/mol. The van der Waals surface area contributed by atoms with Gasteiger partial charge in [-0.15, -0.1) is 0 Å². The number of rotatable bonds is 8. The summed E-state index contributed by atoms with van der Waals surface area (Å²) in [6.07, 6.45) is 7.43. The van der Waals surface area contributed by atoms with Crippen LogP contribution in [0.25, 0.3) is 22.3 Å². The number of aromatic nitrogens is 2. The molecule has 2 aromatic heterocycles. The Hall–Kier alpha value is -4.08. The van der Waals surface area contributed by atoms with Crippen LogP contribution >= 0.6 is 0 Å². The Labute approximate surface area is 201 Å². The molecule has 0 aliphatic carbocycles. The zero-order valence-electron chi connectivity index (χ0n) is 19.1. The molecule has 0 fully saturated rings. The van der Waals surface area contributed by atoms with Gasteiger partial charge in [-0.3, -0.25) is 14.9 Å². The fraction of sp³-hybridized carbons (Fsp3) is 0.0968. The van der Waals surface area contributed by atoms with Gasteiger partial charge in [-0.25, -0.2) is 0 Å². The molecule has 0 aliphatic rings. The fourth-order valence-corrected chi connectivity index (χ4v) is 4.20. The van der Waals surface area contributed by atoms with Crippen LogP contribution < -0.4 is 0 Å². The van der Waals surface area contributed by atoms with Crippen molar-refractivity contribution in [2.24, 2.45) is 0 Å². The Bertz CT molecular complexity index is 1200. The van der Waals surface area contributed by atoms with Crippen molar-refractivity contribution in [2.75, 3.05) is 0 Å².